The topological polar surface area (TPSA) is 71.1 Å². The number of hydrogen-bond donors (Lipinski definition) is 1. The summed E-state index contributed by atoms with van der Waals surface area (Å²) in [7, 11) is 0. The third kappa shape index (κ3) is 4.72. The number of ether oxygens (including phenoxy) is 1. The van der Waals surface area contributed by atoms with Gasteiger partial charge in [-0.3, -0.25) is 9.89 Å². The highest BCUT2D eigenvalue weighted by molar-refractivity contribution is 7.99. The Labute approximate surface area is 139 Å². The second kappa shape index (κ2) is 8.01. The maximum absolute atomic E-state index is 12.2. The molecular formula is C16H20N4O2S. The average Bonchev–Trinajstić information content (AvgIpc) is 3.13. The van der Waals surface area contributed by atoms with Gasteiger partial charge in [0.2, 0.25) is 5.91 Å². The van der Waals surface area contributed by atoms with Crippen LogP contribution in [0.4, 0.5) is 0 Å². The number of H-pyrrole nitrogens is 1. The van der Waals surface area contributed by atoms with Crippen molar-refractivity contribution in [3.05, 3.63) is 36.7 Å². The number of nitrogens with zero attached hydrogens (tertiary/aromatic N) is 3. The Balaban J connectivity index is 1.37. The lowest BCUT2D eigenvalue weighted by Gasteiger charge is -2.31. The minimum absolute atomic E-state index is 0.161. The lowest BCUT2D eigenvalue weighted by atomic mass is 9.98. The third-order valence-corrected chi connectivity index (χ3v) is 4.78. The van der Waals surface area contributed by atoms with Gasteiger partial charge in [0.1, 0.15) is 12.1 Å². The number of thioether (sulfide) groups is 1. The van der Waals surface area contributed by atoms with Crippen molar-refractivity contribution < 1.29 is 9.53 Å². The number of hydrogen-bond acceptors (Lipinski definition) is 5. The number of likely N-dealkylation sites (tertiary alicyclic amines) is 1. The van der Waals surface area contributed by atoms with E-state index < -0.39 is 0 Å². The molecule has 0 radical (unpaired) electrons. The maximum Gasteiger partial charge on any atom is 0.233 e. The minimum atomic E-state index is 0.161. The van der Waals surface area contributed by atoms with Gasteiger partial charge in [0.25, 0.3) is 0 Å². The molecule has 1 aromatic heterocycles. The first-order valence-corrected chi connectivity index (χ1v) is 8.73. The molecule has 1 N–H and O–H groups in total. The molecule has 122 valence electrons. The van der Waals surface area contributed by atoms with Crippen LogP contribution in [0.5, 0.6) is 5.75 Å². The molecular weight excluding hydrogens is 312 g/mol. The first-order chi connectivity index (χ1) is 11.3. The summed E-state index contributed by atoms with van der Waals surface area (Å²) in [6, 6.07) is 9.87. The second-order valence-corrected chi connectivity index (χ2v) is 6.49. The molecule has 3 rings (SSSR count). The highest BCUT2D eigenvalue weighted by Crippen LogP contribution is 2.20. The van der Waals surface area contributed by atoms with Crippen molar-refractivity contribution in [3.8, 4) is 5.75 Å². The Hall–Kier alpha value is -2.02. The highest BCUT2D eigenvalue weighted by atomic mass is 32.2. The van der Waals surface area contributed by atoms with E-state index >= 15 is 0 Å². The summed E-state index contributed by atoms with van der Waals surface area (Å²) >= 11 is 1.39. The number of aromatic amines is 1. The number of benzene rings is 1. The molecule has 2 heterocycles. The maximum atomic E-state index is 12.2. The molecule has 1 aromatic carbocycles. The summed E-state index contributed by atoms with van der Waals surface area (Å²) in [6.07, 6.45) is 3.43. The van der Waals surface area contributed by atoms with Gasteiger partial charge in [0.15, 0.2) is 5.16 Å². The highest BCUT2D eigenvalue weighted by Gasteiger charge is 2.23. The molecule has 2 aromatic rings. The van der Waals surface area contributed by atoms with E-state index in [-0.39, 0.29) is 5.91 Å². The van der Waals surface area contributed by atoms with Gasteiger partial charge >= 0.3 is 0 Å². The van der Waals surface area contributed by atoms with Crippen LogP contribution in [0.15, 0.2) is 41.8 Å². The Bertz CT molecular complexity index is 598. The van der Waals surface area contributed by atoms with Crippen LogP contribution in [-0.4, -0.2) is 51.4 Å². The average molecular weight is 332 g/mol. The molecule has 0 aliphatic carbocycles. The molecule has 7 heteroatoms. The summed E-state index contributed by atoms with van der Waals surface area (Å²) in [4.78, 5) is 18.1. The SMILES string of the molecule is O=C(CSc1ncn[nH]1)N1CCC(COc2ccccc2)CC1. The van der Waals surface area contributed by atoms with Crippen molar-refractivity contribution in [2.24, 2.45) is 5.92 Å². The largest absolute Gasteiger partial charge is 0.493 e. The van der Waals surface area contributed by atoms with Crippen molar-refractivity contribution in [2.45, 2.75) is 18.0 Å². The van der Waals surface area contributed by atoms with Crippen LogP contribution in [0.2, 0.25) is 0 Å². The predicted molar refractivity (Wildman–Crippen MR) is 88.3 cm³/mol. The van der Waals surface area contributed by atoms with Gasteiger partial charge in [-0.2, -0.15) is 5.10 Å². The van der Waals surface area contributed by atoms with Crippen molar-refractivity contribution in [1.82, 2.24) is 20.1 Å². The van der Waals surface area contributed by atoms with E-state index in [1.165, 1.54) is 18.1 Å². The van der Waals surface area contributed by atoms with Crippen LogP contribution in [-0.2, 0) is 4.79 Å². The van der Waals surface area contributed by atoms with Crippen molar-refractivity contribution in [3.63, 3.8) is 0 Å². The van der Waals surface area contributed by atoms with E-state index in [0.29, 0.717) is 16.8 Å². The van der Waals surface area contributed by atoms with Crippen LogP contribution in [0.1, 0.15) is 12.8 Å². The van der Waals surface area contributed by atoms with Crippen molar-refractivity contribution in [1.29, 1.82) is 0 Å². The Morgan fingerprint density at radius 1 is 1.30 bits per heavy atom. The van der Waals surface area contributed by atoms with Gasteiger partial charge in [-0.1, -0.05) is 30.0 Å². The van der Waals surface area contributed by atoms with E-state index in [2.05, 4.69) is 15.2 Å². The number of aromatic nitrogens is 3. The van der Waals surface area contributed by atoms with Gasteiger partial charge < -0.3 is 9.64 Å². The molecule has 0 atom stereocenters. The van der Waals surface area contributed by atoms with Crippen LogP contribution in [0.3, 0.4) is 0 Å². The van der Waals surface area contributed by atoms with Crippen LogP contribution in [0, 0.1) is 5.92 Å². The van der Waals surface area contributed by atoms with Crippen LogP contribution in [0.25, 0.3) is 0 Å². The van der Waals surface area contributed by atoms with E-state index in [9.17, 15) is 4.79 Å². The standard InChI is InChI=1S/C16H20N4O2S/c21-15(11-23-16-17-12-18-19-16)20-8-6-13(7-9-20)10-22-14-4-2-1-3-5-14/h1-5,12-13H,6-11H2,(H,17,18,19). The summed E-state index contributed by atoms with van der Waals surface area (Å²) in [5.74, 6) is 1.99. The van der Waals surface area contributed by atoms with Gasteiger partial charge in [0.05, 0.1) is 12.4 Å². The molecule has 1 amide bonds. The summed E-state index contributed by atoms with van der Waals surface area (Å²) in [5.41, 5.74) is 0. The Morgan fingerprint density at radius 3 is 2.78 bits per heavy atom. The molecule has 0 unspecified atom stereocenters. The molecule has 0 spiro atoms. The number of piperidine rings is 1. The lowest BCUT2D eigenvalue weighted by molar-refractivity contribution is -0.129. The number of carbonyl (C=O) groups is 1. The van der Waals surface area contributed by atoms with Gasteiger partial charge in [-0.05, 0) is 30.9 Å². The Morgan fingerprint density at radius 2 is 2.09 bits per heavy atom. The third-order valence-electron chi connectivity index (χ3n) is 3.92. The zero-order valence-electron chi connectivity index (χ0n) is 12.9. The number of amides is 1. The quantitative estimate of drug-likeness (QED) is 0.821. The number of carbonyl (C=O) groups excluding carboxylic acids is 1. The molecule has 1 aliphatic heterocycles. The minimum Gasteiger partial charge on any atom is -0.493 e. The first-order valence-electron chi connectivity index (χ1n) is 7.75. The summed E-state index contributed by atoms with van der Waals surface area (Å²) in [6.45, 7) is 2.33. The molecule has 1 aliphatic rings. The molecule has 1 saturated heterocycles. The van der Waals surface area contributed by atoms with Crippen molar-refractivity contribution in [2.75, 3.05) is 25.4 Å². The van der Waals surface area contributed by atoms with E-state index in [0.717, 1.165) is 38.3 Å². The molecule has 0 saturated carbocycles. The van der Waals surface area contributed by atoms with E-state index in [1.807, 2.05) is 35.2 Å². The molecule has 1 fully saturated rings. The number of para-hydroxylation sites is 1. The fourth-order valence-electron chi connectivity index (χ4n) is 2.57. The van der Waals surface area contributed by atoms with Gasteiger partial charge in [-0.15, -0.1) is 0 Å². The lowest BCUT2D eigenvalue weighted by Crippen LogP contribution is -2.40. The van der Waals surface area contributed by atoms with Crippen LogP contribution < -0.4 is 4.74 Å². The molecule has 0 bridgehead atoms. The van der Waals surface area contributed by atoms with Crippen molar-refractivity contribution >= 4 is 17.7 Å². The van der Waals surface area contributed by atoms with Gasteiger partial charge in [0, 0.05) is 13.1 Å². The van der Waals surface area contributed by atoms with E-state index in [1.54, 1.807) is 0 Å². The zero-order valence-corrected chi connectivity index (χ0v) is 13.7. The normalized spacial score (nSPS) is 15.6. The van der Waals surface area contributed by atoms with E-state index in [4.69, 9.17) is 4.74 Å². The fourth-order valence-corrected chi connectivity index (χ4v) is 3.25. The summed E-state index contributed by atoms with van der Waals surface area (Å²) in [5, 5.41) is 7.21. The number of nitrogens with one attached hydrogen (secondary N) is 1. The zero-order chi connectivity index (χ0) is 15.9. The van der Waals surface area contributed by atoms with Crippen LogP contribution >= 0.6 is 11.8 Å². The second-order valence-electron chi connectivity index (χ2n) is 5.53. The fraction of sp³-hybridized carbons (Fsp3) is 0.438. The Kier molecular flexibility index (Phi) is 5.52. The smallest absolute Gasteiger partial charge is 0.233 e. The molecule has 23 heavy (non-hydrogen) atoms. The summed E-state index contributed by atoms with van der Waals surface area (Å²) < 4.78 is 5.81. The monoisotopic (exact) mass is 332 g/mol. The first kappa shape index (κ1) is 15.9. The van der Waals surface area contributed by atoms with Gasteiger partial charge in [-0.25, -0.2) is 4.98 Å². The predicted octanol–water partition coefficient (Wildman–Crippen LogP) is 2.21. The molecule has 6 nitrogen and oxygen atoms in total. The number of rotatable bonds is 6.